The van der Waals surface area contributed by atoms with Gasteiger partial charge in [-0.05, 0) is 33.1 Å². The summed E-state index contributed by atoms with van der Waals surface area (Å²) in [6.07, 6.45) is 3.72. The lowest BCUT2D eigenvalue weighted by Gasteiger charge is -2.24. The van der Waals surface area contributed by atoms with Gasteiger partial charge in [-0.2, -0.15) is 0 Å². The molecule has 1 nitrogen and oxygen atoms in total. The predicted octanol–water partition coefficient (Wildman–Crippen LogP) is 3.26. The van der Waals surface area contributed by atoms with Crippen molar-refractivity contribution in [3.8, 4) is 0 Å². The third kappa shape index (κ3) is 4.58. The Labute approximate surface area is 84.2 Å². The summed E-state index contributed by atoms with van der Waals surface area (Å²) in [5, 5.41) is 0. The summed E-state index contributed by atoms with van der Waals surface area (Å²) < 4.78 is 5.58. The molecule has 0 aromatic heterocycles. The van der Waals surface area contributed by atoms with Gasteiger partial charge >= 0.3 is 0 Å². The first-order valence-corrected chi connectivity index (χ1v) is 5.93. The number of thioether (sulfide) groups is 1. The molecule has 0 bridgehead atoms. The minimum absolute atomic E-state index is 0.0918. The standard InChI is InChI=1S/C9H17ClOS/c1-9(2,10)7-12-8-5-3-4-6-11-8/h8H,3-7H2,1-2H3. The third-order valence-electron chi connectivity index (χ3n) is 1.75. The Morgan fingerprint density at radius 1 is 1.50 bits per heavy atom. The zero-order chi connectivity index (χ0) is 9.03. The lowest BCUT2D eigenvalue weighted by Crippen LogP contribution is -2.21. The molecule has 0 amide bonds. The molecule has 1 fully saturated rings. The van der Waals surface area contributed by atoms with Crippen molar-refractivity contribution in [3.05, 3.63) is 0 Å². The lowest BCUT2D eigenvalue weighted by molar-refractivity contribution is 0.0727. The van der Waals surface area contributed by atoms with Crippen molar-refractivity contribution < 1.29 is 4.74 Å². The molecule has 1 unspecified atom stereocenters. The van der Waals surface area contributed by atoms with Crippen LogP contribution in [0.1, 0.15) is 33.1 Å². The van der Waals surface area contributed by atoms with E-state index >= 15 is 0 Å². The first-order valence-electron chi connectivity index (χ1n) is 4.50. The van der Waals surface area contributed by atoms with Gasteiger partial charge in [-0.15, -0.1) is 23.4 Å². The van der Waals surface area contributed by atoms with E-state index in [-0.39, 0.29) is 4.87 Å². The Hall–Kier alpha value is 0.600. The van der Waals surface area contributed by atoms with Crippen molar-refractivity contribution in [2.45, 2.75) is 43.4 Å². The van der Waals surface area contributed by atoms with Crippen molar-refractivity contribution in [3.63, 3.8) is 0 Å². The van der Waals surface area contributed by atoms with Crippen LogP contribution in [-0.4, -0.2) is 22.7 Å². The molecule has 1 atom stereocenters. The molecule has 1 heterocycles. The summed E-state index contributed by atoms with van der Waals surface area (Å²) in [6.45, 7) is 5.02. The van der Waals surface area contributed by atoms with E-state index in [4.69, 9.17) is 16.3 Å². The van der Waals surface area contributed by atoms with Crippen LogP contribution >= 0.6 is 23.4 Å². The van der Waals surface area contributed by atoms with Crippen LogP contribution in [0.2, 0.25) is 0 Å². The molecular formula is C9H17ClOS. The number of ether oxygens (including phenoxy) is 1. The molecular weight excluding hydrogens is 192 g/mol. The quantitative estimate of drug-likeness (QED) is 0.659. The summed E-state index contributed by atoms with van der Waals surface area (Å²) in [5.41, 5.74) is 0.400. The lowest BCUT2D eigenvalue weighted by atomic mass is 10.2. The van der Waals surface area contributed by atoms with Gasteiger partial charge < -0.3 is 4.74 Å². The third-order valence-corrected chi connectivity index (χ3v) is 3.67. The average Bonchev–Trinajstić information content (AvgIpc) is 2.02. The smallest absolute Gasteiger partial charge is 0.103 e. The Kier molecular flexibility index (Phi) is 4.21. The highest BCUT2D eigenvalue weighted by atomic mass is 35.5. The molecule has 12 heavy (non-hydrogen) atoms. The largest absolute Gasteiger partial charge is 0.368 e. The minimum Gasteiger partial charge on any atom is -0.368 e. The van der Waals surface area contributed by atoms with E-state index in [0.717, 1.165) is 12.4 Å². The molecule has 0 N–H and O–H groups in total. The Morgan fingerprint density at radius 2 is 2.25 bits per heavy atom. The van der Waals surface area contributed by atoms with Crippen molar-refractivity contribution >= 4 is 23.4 Å². The molecule has 0 radical (unpaired) electrons. The second-order valence-corrected chi connectivity index (χ2v) is 6.00. The van der Waals surface area contributed by atoms with Crippen LogP contribution < -0.4 is 0 Å². The van der Waals surface area contributed by atoms with Crippen LogP contribution in [0, 0.1) is 0 Å². The van der Waals surface area contributed by atoms with Crippen LogP contribution in [0.15, 0.2) is 0 Å². The Morgan fingerprint density at radius 3 is 2.75 bits per heavy atom. The SMILES string of the molecule is CC(C)(Cl)CSC1CCCCO1. The van der Waals surface area contributed by atoms with Crippen molar-refractivity contribution in [2.75, 3.05) is 12.4 Å². The zero-order valence-electron chi connectivity index (χ0n) is 7.81. The number of hydrogen-bond donors (Lipinski definition) is 0. The van der Waals surface area contributed by atoms with Gasteiger partial charge in [0.05, 0.1) is 0 Å². The van der Waals surface area contributed by atoms with Crippen LogP contribution in [0.3, 0.4) is 0 Å². The topological polar surface area (TPSA) is 9.23 Å². The number of hydrogen-bond acceptors (Lipinski definition) is 2. The van der Waals surface area contributed by atoms with Crippen molar-refractivity contribution in [1.82, 2.24) is 0 Å². The normalized spacial score (nSPS) is 25.8. The van der Waals surface area contributed by atoms with E-state index in [1.54, 1.807) is 0 Å². The van der Waals surface area contributed by atoms with Gasteiger partial charge in [0, 0.05) is 17.2 Å². The molecule has 3 heteroatoms. The van der Waals surface area contributed by atoms with Gasteiger partial charge in [0.15, 0.2) is 0 Å². The second-order valence-electron chi connectivity index (χ2n) is 3.83. The molecule has 0 spiro atoms. The van der Waals surface area contributed by atoms with E-state index in [2.05, 4.69) is 0 Å². The molecule has 1 aliphatic heterocycles. The number of rotatable bonds is 3. The molecule has 0 aliphatic carbocycles. The van der Waals surface area contributed by atoms with E-state index in [1.165, 1.54) is 19.3 Å². The highest BCUT2D eigenvalue weighted by molar-refractivity contribution is 7.99. The van der Waals surface area contributed by atoms with Crippen molar-refractivity contribution in [1.29, 1.82) is 0 Å². The molecule has 72 valence electrons. The van der Waals surface area contributed by atoms with Crippen LogP contribution in [0.4, 0.5) is 0 Å². The summed E-state index contributed by atoms with van der Waals surface area (Å²) in [5.74, 6) is 0.971. The van der Waals surface area contributed by atoms with Gasteiger partial charge in [-0.1, -0.05) is 0 Å². The fourth-order valence-electron chi connectivity index (χ4n) is 1.13. The second kappa shape index (κ2) is 4.73. The highest BCUT2D eigenvalue weighted by Gasteiger charge is 2.19. The molecule has 1 saturated heterocycles. The maximum Gasteiger partial charge on any atom is 0.103 e. The number of halogens is 1. The van der Waals surface area contributed by atoms with Crippen LogP contribution in [-0.2, 0) is 4.74 Å². The van der Waals surface area contributed by atoms with Gasteiger partial charge in [0.1, 0.15) is 5.44 Å². The van der Waals surface area contributed by atoms with Gasteiger partial charge in [0.2, 0.25) is 0 Å². The fourth-order valence-corrected chi connectivity index (χ4v) is 2.43. The maximum atomic E-state index is 6.08. The monoisotopic (exact) mass is 208 g/mol. The molecule has 0 saturated carbocycles. The Bertz CT molecular complexity index is 127. The molecule has 1 rings (SSSR count). The summed E-state index contributed by atoms with van der Waals surface area (Å²) in [7, 11) is 0. The van der Waals surface area contributed by atoms with Crippen molar-refractivity contribution in [2.24, 2.45) is 0 Å². The fraction of sp³-hybridized carbons (Fsp3) is 1.00. The maximum absolute atomic E-state index is 6.08. The molecule has 0 aromatic carbocycles. The predicted molar refractivity (Wildman–Crippen MR) is 56.0 cm³/mol. The van der Waals surface area contributed by atoms with E-state index in [9.17, 15) is 0 Å². The van der Waals surface area contributed by atoms with Gasteiger partial charge in [0.25, 0.3) is 0 Å². The first kappa shape index (κ1) is 10.7. The molecule has 0 aromatic rings. The average molecular weight is 209 g/mol. The summed E-state index contributed by atoms with van der Waals surface area (Å²) in [6, 6.07) is 0. The van der Waals surface area contributed by atoms with Crippen LogP contribution in [0.25, 0.3) is 0 Å². The highest BCUT2D eigenvalue weighted by Crippen LogP contribution is 2.28. The van der Waals surface area contributed by atoms with Crippen LogP contribution in [0.5, 0.6) is 0 Å². The van der Waals surface area contributed by atoms with Gasteiger partial charge in [-0.25, -0.2) is 0 Å². The Balaban J connectivity index is 2.13. The van der Waals surface area contributed by atoms with Gasteiger partial charge in [-0.3, -0.25) is 0 Å². The van der Waals surface area contributed by atoms with E-state index < -0.39 is 0 Å². The molecule has 1 aliphatic rings. The zero-order valence-corrected chi connectivity index (χ0v) is 9.38. The summed E-state index contributed by atoms with van der Waals surface area (Å²) >= 11 is 7.93. The van der Waals surface area contributed by atoms with E-state index in [0.29, 0.717) is 5.44 Å². The van der Waals surface area contributed by atoms with E-state index in [1.807, 2.05) is 25.6 Å². The summed E-state index contributed by atoms with van der Waals surface area (Å²) in [4.78, 5) is -0.0918. The first-order chi connectivity index (χ1) is 5.58. The number of alkyl halides is 1. The minimum atomic E-state index is -0.0918.